The summed E-state index contributed by atoms with van der Waals surface area (Å²) in [5.41, 5.74) is 0.648. The smallest absolute Gasteiger partial charge is 0.358 e. The lowest BCUT2D eigenvalue weighted by Crippen LogP contribution is -2.38. The molecule has 0 saturated carbocycles. The first-order valence-electron chi connectivity index (χ1n) is 10.7. The Morgan fingerprint density at radius 1 is 0.943 bits per heavy atom. The van der Waals surface area contributed by atoms with Gasteiger partial charge in [-0.15, -0.1) is 0 Å². The van der Waals surface area contributed by atoms with E-state index < -0.39 is 47.3 Å². The maximum atomic E-state index is 13.9. The molecule has 0 radical (unpaired) electrons. The molecule has 0 spiro atoms. The van der Waals surface area contributed by atoms with Crippen molar-refractivity contribution >= 4 is 5.91 Å². The van der Waals surface area contributed by atoms with Crippen LogP contribution >= 0.6 is 0 Å². The average Bonchev–Trinajstić information content (AvgIpc) is 2.82. The van der Waals surface area contributed by atoms with E-state index >= 15 is 0 Å². The molecule has 3 aromatic rings. The molecule has 0 aliphatic heterocycles. The second kappa shape index (κ2) is 10.9. The first-order chi connectivity index (χ1) is 16.5. The number of pyridine rings is 1. The van der Waals surface area contributed by atoms with Gasteiger partial charge in [0.2, 0.25) is 5.91 Å². The first kappa shape index (κ1) is 26.2. The largest absolute Gasteiger partial charge is 0.433 e. The van der Waals surface area contributed by atoms with Gasteiger partial charge < -0.3 is 5.32 Å². The fraction of sp³-hybridized carbons (Fsp3) is 0.280. The van der Waals surface area contributed by atoms with Crippen LogP contribution in [0.4, 0.5) is 26.3 Å². The number of nitrogens with zero attached hydrogens (tertiary/aromatic N) is 1. The number of likely N-dealkylation sites (N-methyl/N-ethyl adjacent to an activating group) is 1. The van der Waals surface area contributed by atoms with Crippen molar-refractivity contribution in [3.05, 3.63) is 100 Å². The van der Waals surface area contributed by atoms with E-state index in [9.17, 15) is 31.1 Å². The topological polar surface area (TPSA) is 54.0 Å². The summed E-state index contributed by atoms with van der Waals surface area (Å²) in [6.45, 7) is 1.57. The average molecular weight is 495 g/mol. The van der Waals surface area contributed by atoms with Crippen LogP contribution in [0.25, 0.3) is 0 Å². The van der Waals surface area contributed by atoms with Gasteiger partial charge in [0.1, 0.15) is 17.6 Å². The van der Waals surface area contributed by atoms with Gasteiger partial charge in [0.25, 0.3) is 0 Å². The second-order valence-electron chi connectivity index (χ2n) is 8.04. The van der Waals surface area contributed by atoms with E-state index in [0.717, 1.165) is 24.4 Å². The summed E-state index contributed by atoms with van der Waals surface area (Å²) < 4.78 is 79.6. The Kier molecular flexibility index (Phi) is 8.16. The zero-order valence-electron chi connectivity index (χ0n) is 18.9. The van der Waals surface area contributed by atoms with Crippen LogP contribution in [0.1, 0.15) is 46.5 Å². The number of aromatic nitrogens is 1. The molecule has 1 aromatic heterocycles. The van der Waals surface area contributed by atoms with E-state index in [4.69, 9.17) is 0 Å². The van der Waals surface area contributed by atoms with Crippen molar-refractivity contribution in [3.63, 3.8) is 0 Å². The fourth-order valence-electron chi connectivity index (χ4n) is 3.64. The van der Waals surface area contributed by atoms with Gasteiger partial charge in [-0.05, 0) is 66.3 Å². The van der Waals surface area contributed by atoms with Gasteiger partial charge in [0, 0.05) is 19.3 Å². The highest BCUT2D eigenvalue weighted by molar-refractivity contribution is 5.83. The minimum atomic E-state index is -4.56. The quantitative estimate of drug-likeness (QED) is 0.402. The molecule has 2 atom stereocenters. The lowest BCUT2D eigenvalue weighted by Gasteiger charge is -2.26. The zero-order valence-corrected chi connectivity index (χ0v) is 18.9. The van der Waals surface area contributed by atoms with Crippen molar-refractivity contribution in [2.75, 3.05) is 7.05 Å². The molecule has 0 unspecified atom stereocenters. The summed E-state index contributed by atoms with van der Waals surface area (Å²) in [4.78, 5) is 16.1. The number of rotatable bonds is 8. The molecule has 3 rings (SSSR count). The molecular weight excluding hydrogens is 472 g/mol. The Morgan fingerprint density at radius 3 is 2.20 bits per heavy atom. The molecule has 1 heterocycles. The number of aryl methyl sites for hydroxylation is 2. The third-order valence-electron chi connectivity index (χ3n) is 5.57. The highest BCUT2D eigenvalue weighted by Gasteiger charge is 2.32. The maximum absolute atomic E-state index is 13.9. The predicted octanol–water partition coefficient (Wildman–Crippen LogP) is 5.58. The van der Waals surface area contributed by atoms with Gasteiger partial charge >= 0.3 is 6.18 Å². The van der Waals surface area contributed by atoms with E-state index in [1.807, 2.05) is 0 Å². The Labute approximate surface area is 198 Å². The number of nitrogens with one attached hydrogen (secondary N) is 2. The van der Waals surface area contributed by atoms with E-state index in [-0.39, 0.29) is 18.4 Å². The molecular formula is C25H23F6N3O. The molecule has 0 bridgehead atoms. The first-order valence-corrected chi connectivity index (χ1v) is 10.7. The van der Waals surface area contributed by atoms with Crippen LogP contribution in [0.5, 0.6) is 0 Å². The Balaban J connectivity index is 1.91. The summed E-state index contributed by atoms with van der Waals surface area (Å²) in [7, 11) is 1.39. The van der Waals surface area contributed by atoms with Crippen LogP contribution in [0.3, 0.4) is 0 Å². The van der Waals surface area contributed by atoms with Crippen molar-refractivity contribution < 1.29 is 31.1 Å². The van der Waals surface area contributed by atoms with Gasteiger partial charge in [-0.25, -0.2) is 13.2 Å². The van der Waals surface area contributed by atoms with Crippen LogP contribution < -0.4 is 10.6 Å². The molecule has 0 aliphatic carbocycles. The number of halogens is 6. The van der Waals surface area contributed by atoms with Crippen LogP contribution in [-0.2, 0) is 17.4 Å². The van der Waals surface area contributed by atoms with E-state index in [0.29, 0.717) is 16.7 Å². The van der Waals surface area contributed by atoms with Crippen molar-refractivity contribution in [1.82, 2.24) is 15.6 Å². The fourth-order valence-corrected chi connectivity index (χ4v) is 3.64. The Hall–Kier alpha value is -3.40. The lowest BCUT2D eigenvalue weighted by molar-refractivity contribution is -0.141. The van der Waals surface area contributed by atoms with Crippen molar-refractivity contribution in [2.24, 2.45) is 0 Å². The van der Waals surface area contributed by atoms with Crippen LogP contribution in [0.15, 0.2) is 54.7 Å². The van der Waals surface area contributed by atoms with Gasteiger partial charge in [0.05, 0.1) is 0 Å². The maximum Gasteiger partial charge on any atom is 0.433 e. The minimum absolute atomic E-state index is 0.170. The number of hydrogen-bond donors (Lipinski definition) is 2. The molecule has 10 heteroatoms. The standard InChI is InChI=1S/C25H23F6N3O/c1-14-11-16(5-7-18(14)26)21(9-3-15-4-10-22(33-13-15)25(29,30)31)34-23(24(35)32-2)17-6-8-19(27)20(28)12-17/h4-8,10-13,21,23,34H,3,9H2,1-2H3,(H,32,35)/t21-,23+/m1/s1. The Morgan fingerprint density at radius 2 is 1.63 bits per heavy atom. The third-order valence-corrected chi connectivity index (χ3v) is 5.57. The van der Waals surface area contributed by atoms with Gasteiger partial charge in [-0.3, -0.25) is 15.1 Å². The van der Waals surface area contributed by atoms with Crippen molar-refractivity contribution in [3.8, 4) is 0 Å². The lowest BCUT2D eigenvalue weighted by atomic mass is 9.95. The number of hydrogen-bond acceptors (Lipinski definition) is 3. The highest BCUT2D eigenvalue weighted by Crippen LogP contribution is 2.29. The molecule has 35 heavy (non-hydrogen) atoms. The number of benzene rings is 2. The summed E-state index contributed by atoms with van der Waals surface area (Å²) in [5.74, 6) is -3.13. The van der Waals surface area contributed by atoms with E-state index in [1.165, 1.54) is 31.3 Å². The van der Waals surface area contributed by atoms with Gasteiger partial charge in [-0.1, -0.05) is 24.3 Å². The van der Waals surface area contributed by atoms with Crippen molar-refractivity contribution in [2.45, 2.75) is 38.0 Å². The van der Waals surface area contributed by atoms with Gasteiger partial charge in [0.15, 0.2) is 11.6 Å². The summed E-state index contributed by atoms with van der Waals surface area (Å²) in [5, 5.41) is 5.59. The predicted molar refractivity (Wildman–Crippen MR) is 118 cm³/mol. The summed E-state index contributed by atoms with van der Waals surface area (Å²) in [6, 6.07) is 8.00. The summed E-state index contributed by atoms with van der Waals surface area (Å²) in [6.07, 6.45) is -2.87. The molecule has 186 valence electrons. The third kappa shape index (κ3) is 6.60. The number of carbonyl (C=O) groups is 1. The molecule has 2 aromatic carbocycles. The van der Waals surface area contributed by atoms with E-state index in [1.54, 1.807) is 13.0 Å². The SMILES string of the molecule is CNC(=O)[C@@H](N[C@H](CCc1ccc(C(F)(F)F)nc1)c1ccc(F)c(C)c1)c1ccc(F)c(F)c1. The molecule has 0 saturated heterocycles. The van der Waals surface area contributed by atoms with Gasteiger partial charge in [-0.2, -0.15) is 13.2 Å². The normalized spacial score (nSPS) is 13.4. The summed E-state index contributed by atoms with van der Waals surface area (Å²) >= 11 is 0. The number of carbonyl (C=O) groups excluding carboxylic acids is 1. The van der Waals surface area contributed by atoms with Crippen LogP contribution in [0, 0.1) is 24.4 Å². The second-order valence-corrected chi connectivity index (χ2v) is 8.04. The molecule has 2 N–H and O–H groups in total. The molecule has 0 aliphatic rings. The van der Waals surface area contributed by atoms with Crippen molar-refractivity contribution in [1.29, 1.82) is 0 Å². The number of amides is 1. The van der Waals surface area contributed by atoms with Crippen LogP contribution in [0.2, 0.25) is 0 Å². The molecule has 1 amide bonds. The van der Waals surface area contributed by atoms with E-state index in [2.05, 4.69) is 15.6 Å². The highest BCUT2D eigenvalue weighted by atomic mass is 19.4. The minimum Gasteiger partial charge on any atom is -0.358 e. The molecule has 4 nitrogen and oxygen atoms in total. The van der Waals surface area contributed by atoms with Crippen LogP contribution in [-0.4, -0.2) is 17.9 Å². The molecule has 0 fully saturated rings. The monoisotopic (exact) mass is 495 g/mol. The Bertz CT molecular complexity index is 1180. The number of alkyl halides is 3. The zero-order chi connectivity index (χ0) is 25.8.